The van der Waals surface area contributed by atoms with E-state index in [9.17, 15) is 14.7 Å². The number of rotatable bonds is 7. The van der Waals surface area contributed by atoms with Crippen LogP contribution in [-0.2, 0) is 0 Å². The van der Waals surface area contributed by atoms with Gasteiger partial charge < -0.3 is 14.6 Å². The number of carboxylic acid groups (broad SMARTS) is 1. The Morgan fingerprint density at radius 2 is 1.81 bits per heavy atom. The summed E-state index contributed by atoms with van der Waals surface area (Å²) in [5, 5.41) is 9.48. The van der Waals surface area contributed by atoms with E-state index in [0.717, 1.165) is 0 Å². The van der Waals surface area contributed by atoms with Gasteiger partial charge in [-0.1, -0.05) is 12.1 Å². The van der Waals surface area contributed by atoms with Crippen LogP contribution in [0, 0.1) is 13.8 Å². The van der Waals surface area contributed by atoms with Crippen molar-refractivity contribution in [2.24, 2.45) is 0 Å². The monoisotopic (exact) mass is 368 g/mol. The molecule has 1 N–H and O–H groups in total. The molecule has 5 nitrogen and oxygen atoms in total. The number of para-hydroxylation sites is 1. The summed E-state index contributed by atoms with van der Waals surface area (Å²) in [4.78, 5) is 24.1. The fourth-order valence-electron chi connectivity index (χ4n) is 2.95. The van der Waals surface area contributed by atoms with Gasteiger partial charge in [-0.3, -0.25) is 4.79 Å². The van der Waals surface area contributed by atoms with Gasteiger partial charge in [0.1, 0.15) is 11.5 Å². The van der Waals surface area contributed by atoms with Crippen molar-refractivity contribution < 1.29 is 24.2 Å². The molecule has 0 aliphatic heterocycles. The second-order valence-electron chi connectivity index (χ2n) is 6.48. The van der Waals surface area contributed by atoms with Gasteiger partial charge in [0.05, 0.1) is 24.3 Å². The van der Waals surface area contributed by atoms with Crippen molar-refractivity contribution in [3.63, 3.8) is 0 Å². The number of allylic oxidation sites excluding steroid dienone is 1. The summed E-state index contributed by atoms with van der Waals surface area (Å²) in [6.45, 7) is 7.18. The zero-order valence-corrected chi connectivity index (χ0v) is 16.2. The molecular weight excluding hydrogens is 344 g/mol. The lowest BCUT2D eigenvalue weighted by molar-refractivity contribution is 0.0694. The van der Waals surface area contributed by atoms with Crippen LogP contribution >= 0.6 is 0 Å². The first kappa shape index (κ1) is 20.2. The van der Waals surface area contributed by atoms with Crippen molar-refractivity contribution >= 4 is 17.8 Å². The van der Waals surface area contributed by atoms with Crippen molar-refractivity contribution in [1.82, 2.24) is 0 Å². The number of benzene rings is 2. The quantitative estimate of drug-likeness (QED) is 0.567. The summed E-state index contributed by atoms with van der Waals surface area (Å²) < 4.78 is 11.1. The molecule has 0 radical (unpaired) electrons. The first-order chi connectivity index (χ1) is 12.8. The maximum atomic E-state index is 12.6. The highest BCUT2D eigenvalue weighted by molar-refractivity contribution is 6.08. The number of hydrogen-bond donors (Lipinski definition) is 1. The number of ether oxygens (including phenoxy) is 2. The van der Waals surface area contributed by atoms with E-state index in [4.69, 9.17) is 9.47 Å². The molecule has 0 aliphatic carbocycles. The maximum Gasteiger partial charge on any atom is 0.336 e. The molecule has 0 saturated heterocycles. The molecule has 0 atom stereocenters. The van der Waals surface area contributed by atoms with E-state index in [-0.39, 0.29) is 17.5 Å². The van der Waals surface area contributed by atoms with Gasteiger partial charge in [0, 0.05) is 11.1 Å². The van der Waals surface area contributed by atoms with Crippen LogP contribution in [0.1, 0.15) is 51.3 Å². The van der Waals surface area contributed by atoms with Crippen LogP contribution < -0.4 is 9.47 Å². The van der Waals surface area contributed by atoms with Crippen molar-refractivity contribution in [2.75, 3.05) is 7.11 Å². The molecule has 0 spiro atoms. The fraction of sp³-hybridized carbons (Fsp3) is 0.273. The van der Waals surface area contributed by atoms with Crippen LogP contribution in [0.5, 0.6) is 11.5 Å². The highest BCUT2D eigenvalue weighted by Crippen LogP contribution is 2.32. The molecule has 5 heteroatoms. The van der Waals surface area contributed by atoms with Crippen LogP contribution in [0.25, 0.3) is 6.08 Å². The van der Waals surface area contributed by atoms with Gasteiger partial charge in [-0.15, -0.1) is 0 Å². The summed E-state index contributed by atoms with van der Waals surface area (Å²) in [6, 6.07) is 8.71. The predicted molar refractivity (Wildman–Crippen MR) is 105 cm³/mol. The SMILES string of the molecule is COc1ccccc1C(=O)C=Cc1cc(C)c(C(=O)O)c(C)c1OC(C)C. The third kappa shape index (κ3) is 4.56. The Morgan fingerprint density at radius 1 is 1.15 bits per heavy atom. The first-order valence-electron chi connectivity index (χ1n) is 8.65. The lowest BCUT2D eigenvalue weighted by Gasteiger charge is -2.18. The van der Waals surface area contributed by atoms with Gasteiger partial charge >= 0.3 is 5.97 Å². The molecule has 0 amide bonds. The average molecular weight is 368 g/mol. The van der Waals surface area contributed by atoms with E-state index in [1.54, 1.807) is 50.3 Å². The smallest absolute Gasteiger partial charge is 0.336 e. The molecule has 2 rings (SSSR count). The van der Waals surface area contributed by atoms with Crippen molar-refractivity contribution in [1.29, 1.82) is 0 Å². The summed E-state index contributed by atoms with van der Waals surface area (Å²) >= 11 is 0. The van der Waals surface area contributed by atoms with Crippen molar-refractivity contribution in [3.05, 3.63) is 64.2 Å². The lowest BCUT2D eigenvalue weighted by Crippen LogP contribution is -2.12. The van der Waals surface area contributed by atoms with E-state index < -0.39 is 5.97 Å². The van der Waals surface area contributed by atoms with Gasteiger partial charge in [0.15, 0.2) is 5.78 Å². The highest BCUT2D eigenvalue weighted by atomic mass is 16.5. The Balaban J connectivity index is 2.49. The molecule has 2 aromatic rings. The second-order valence-corrected chi connectivity index (χ2v) is 6.48. The van der Waals surface area contributed by atoms with Crippen LogP contribution in [-0.4, -0.2) is 30.1 Å². The summed E-state index contributed by atoms with van der Waals surface area (Å²) in [7, 11) is 1.52. The minimum absolute atomic E-state index is 0.134. The van der Waals surface area contributed by atoms with Crippen LogP contribution in [0.15, 0.2) is 36.4 Å². The Morgan fingerprint density at radius 3 is 2.41 bits per heavy atom. The molecular formula is C22H24O5. The molecule has 0 heterocycles. The number of ketones is 1. The van der Waals surface area contributed by atoms with Gasteiger partial charge in [-0.05, 0) is 63.6 Å². The Hall–Kier alpha value is -3.08. The number of carbonyl (C=O) groups excluding carboxylic acids is 1. The predicted octanol–water partition coefficient (Wildman–Crippen LogP) is 4.69. The molecule has 0 aliphatic rings. The van der Waals surface area contributed by atoms with Crippen molar-refractivity contribution in [2.45, 2.75) is 33.8 Å². The molecule has 0 fully saturated rings. The zero-order chi connectivity index (χ0) is 20.1. The van der Waals surface area contributed by atoms with E-state index in [1.165, 1.54) is 13.2 Å². The van der Waals surface area contributed by atoms with Gasteiger partial charge in [0.25, 0.3) is 0 Å². The van der Waals surface area contributed by atoms with Crippen LogP contribution in [0.2, 0.25) is 0 Å². The number of aromatic carboxylic acids is 1. The highest BCUT2D eigenvalue weighted by Gasteiger charge is 2.19. The minimum atomic E-state index is -1.00. The van der Waals surface area contributed by atoms with Gasteiger partial charge in [0.2, 0.25) is 0 Å². The average Bonchev–Trinajstić information content (AvgIpc) is 2.61. The van der Waals surface area contributed by atoms with Gasteiger partial charge in [-0.2, -0.15) is 0 Å². The number of hydrogen-bond acceptors (Lipinski definition) is 4. The molecule has 27 heavy (non-hydrogen) atoms. The standard InChI is InChI=1S/C22H24O5/c1-13(2)27-21-15(4)20(22(24)25)14(3)12-16(21)10-11-18(23)17-8-6-7-9-19(17)26-5/h6-13H,1-5H3,(H,24,25). The molecule has 0 bridgehead atoms. The van der Waals surface area contributed by atoms with E-state index in [1.807, 2.05) is 13.8 Å². The van der Waals surface area contributed by atoms with Gasteiger partial charge in [-0.25, -0.2) is 4.79 Å². The number of carbonyl (C=O) groups is 2. The largest absolute Gasteiger partial charge is 0.496 e. The third-order valence-corrected chi connectivity index (χ3v) is 4.10. The molecule has 0 saturated carbocycles. The number of carboxylic acids is 1. The zero-order valence-electron chi connectivity index (χ0n) is 16.2. The summed E-state index contributed by atoms with van der Waals surface area (Å²) in [6.07, 6.45) is 2.96. The van der Waals surface area contributed by atoms with E-state index in [0.29, 0.717) is 33.8 Å². The van der Waals surface area contributed by atoms with E-state index in [2.05, 4.69) is 0 Å². The molecule has 2 aromatic carbocycles. The topological polar surface area (TPSA) is 72.8 Å². The Kier molecular flexibility index (Phi) is 6.40. The minimum Gasteiger partial charge on any atom is -0.496 e. The Labute approximate surface area is 159 Å². The summed E-state index contributed by atoms with van der Waals surface area (Å²) in [5.41, 5.74) is 2.49. The fourth-order valence-corrected chi connectivity index (χ4v) is 2.95. The molecule has 0 unspecified atom stereocenters. The van der Waals surface area contributed by atoms with Crippen LogP contribution in [0.4, 0.5) is 0 Å². The second kappa shape index (κ2) is 8.54. The molecule has 142 valence electrons. The summed E-state index contributed by atoms with van der Waals surface area (Å²) in [5.74, 6) is -0.240. The van der Waals surface area contributed by atoms with E-state index >= 15 is 0 Å². The third-order valence-electron chi connectivity index (χ3n) is 4.10. The first-order valence-corrected chi connectivity index (χ1v) is 8.65. The lowest BCUT2D eigenvalue weighted by atomic mass is 9.97. The van der Waals surface area contributed by atoms with Crippen LogP contribution in [0.3, 0.4) is 0 Å². The normalized spacial score (nSPS) is 11.0. The Bertz CT molecular complexity index is 894. The van der Waals surface area contributed by atoms with Crippen molar-refractivity contribution in [3.8, 4) is 11.5 Å². The molecule has 0 aromatic heterocycles. The number of methoxy groups -OCH3 is 1. The number of aryl methyl sites for hydroxylation is 1. The maximum absolute atomic E-state index is 12.6.